The normalized spacial score (nSPS) is 10.9. The minimum atomic E-state index is 0.0403. The third-order valence-corrected chi connectivity index (χ3v) is 3.95. The van der Waals surface area contributed by atoms with Gasteiger partial charge in [-0.15, -0.1) is 0 Å². The molecule has 0 fully saturated rings. The first kappa shape index (κ1) is 13.9. The molecule has 3 aromatic rings. The second kappa shape index (κ2) is 6.18. The topological polar surface area (TPSA) is 60.7 Å². The molecule has 0 saturated heterocycles. The molecule has 2 aromatic heterocycles. The number of nitrogens with one attached hydrogen (secondary N) is 3. The van der Waals surface area contributed by atoms with Crippen LogP contribution in [-0.2, 0) is 17.6 Å². The molecule has 3 N–H and O–H groups in total. The fourth-order valence-electron chi connectivity index (χ4n) is 2.41. The highest BCUT2D eigenvalue weighted by atomic mass is 79.9. The van der Waals surface area contributed by atoms with E-state index < -0.39 is 0 Å². The number of amides is 1. The Balaban J connectivity index is 1.57. The van der Waals surface area contributed by atoms with Gasteiger partial charge in [-0.3, -0.25) is 4.79 Å². The highest BCUT2D eigenvalue weighted by molar-refractivity contribution is 9.10. The van der Waals surface area contributed by atoms with Crippen LogP contribution in [0.5, 0.6) is 0 Å². The molecule has 1 amide bonds. The van der Waals surface area contributed by atoms with Crippen LogP contribution in [0.3, 0.4) is 0 Å². The molecule has 0 radical (unpaired) electrons. The molecular formula is C16H16BrN3O. The van der Waals surface area contributed by atoms with Gasteiger partial charge in [-0.2, -0.15) is 0 Å². The van der Waals surface area contributed by atoms with Crippen LogP contribution in [0.1, 0.15) is 11.3 Å². The Morgan fingerprint density at radius 3 is 2.95 bits per heavy atom. The number of carbonyl (C=O) groups excluding carboxylic acids is 1. The Kier molecular flexibility index (Phi) is 4.10. The summed E-state index contributed by atoms with van der Waals surface area (Å²) in [4.78, 5) is 18.1. The lowest BCUT2D eigenvalue weighted by molar-refractivity contribution is -0.120. The Morgan fingerprint density at radius 1 is 1.24 bits per heavy atom. The lowest BCUT2D eigenvalue weighted by Gasteiger charge is -2.04. The van der Waals surface area contributed by atoms with Crippen LogP contribution in [0.4, 0.5) is 0 Å². The van der Waals surface area contributed by atoms with Crippen LogP contribution in [0.15, 0.2) is 47.2 Å². The number of H-pyrrole nitrogens is 2. The first-order valence-electron chi connectivity index (χ1n) is 6.87. The van der Waals surface area contributed by atoms with E-state index in [1.54, 1.807) is 0 Å². The van der Waals surface area contributed by atoms with Gasteiger partial charge in [0.2, 0.25) is 5.91 Å². The summed E-state index contributed by atoms with van der Waals surface area (Å²) in [6.45, 7) is 0.638. The summed E-state index contributed by atoms with van der Waals surface area (Å²) in [5, 5.41) is 4.15. The molecule has 108 valence electrons. The smallest absolute Gasteiger partial charge is 0.225 e. The van der Waals surface area contributed by atoms with Crippen LogP contribution in [0, 0.1) is 0 Å². The molecule has 2 heterocycles. The molecule has 0 aliphatic rings. The van der Waals surface area contributed by atoms with E-state index in [1.165, 1.54) is 10.9 Å². The van der Waals surface area contributed by atoms with Crippen molar-refractivity contribution in [1.29, 1.82) is 0 Å². The first-order chi connectivity index (χ1) is 10.2. The van der Waals surface area contributed by atoms with Gasteiger partial charge in [-0.25, -0.2) is 0 Å². The van der Waals surface area contributed by atoms with E-state index >= 15 is 0 Å². The van der Waals surface area contributed by atoms with Gasteiger partial charge in [0.05, 0.1) is 6.42 Å². The molecule has 1 aromatic carbocycles. The van der Waals surface area contributed by atoms with Gasteiger partial charge in [-0.05, 0) is 42.3 Å². The van der Waals surface area contributed by atoms with E-state index in [0.717, 1.165) is 22.1 Å². The second-order valence-corrected chi connectivity index (χ2v) is 5.89. The Morgan fingerprint density at radius 2 is 2.14 bits per heavy atom. The number of rotatable bonds is 5. The van der Waals surface area contributed by atoms with Gasteiger partial charge >= 0.3 is 0 Å². The average molecular weight is 346 g/mol. The highest BCUT2D eigenvalue weighted by Crippen LogP contribution is 2.22. The van der Waals surface area contributed by atoms with Gasteiger partial charge in [-0.1, -0.05) is 15.9 Å². The van der Waals surface area contributed by atoms with Gasteiger partial charge < -0.3 is 15.3 Å². The number of benzene rings is 1. The van der Waals surface area contributed by atoms with Gasteiger partial charge in [0.1, 0.15) is 0 Å². The molecular weight excluding hydrogens is 330 g/mol. The molecule has 0 bridgehead atoms. The van der Waals surface area contributed by atoms with Crippen molar-refractivity contribution in [3.8, 4) is 0 Å². The van der Waals surface area contributed by atoms with E-state index in [2.05, 4.69) is 37.3 Å². The zero-order chi connectivity index (χ0) is 14.7. The molecule has 21 heavy (non-hydrogen) atoms. The average Bonchev–Trinajstić information content (AvgIpc) is 3.09. The zero-order valence-corrected chi connectivity index (χ0v) is 13.0. The van der Waals surface area contributed by atoms with Gasteiger partial charge in [0.25, 0.3) is 0 Å². The van der Waals surface area contributed by atoms with E-state index in [0.29, 0.717) is 13.0 Å². The molecule has 0 saturated carbocycles. The van der Waals surface area contributed by atoms with Crippen molar-refractivity contribution in [3.05, 3.63) is 58.5 Å². The number of hydrogen-bond donors (Lipinski definition) is 3. The minimum Gasteiger partial charge on any atom is -0.365 e. The quantitative estimate of drug-likeness (QED) is 0.653. The first-order valence-corrected chi connectivity index (χ1v) is 7.66. The predicted molar refractivity (Wildman–Crippen MR) is 87.2 cm³/mol. The summed E-state index contributed by atoms with van der Waals surface area (Å²) in [6, 6.07) is 9.97. The van der Waals surface area contributed by atoms with Crippen molar-refractivity contribution < 1.29 is 4.79 Å². The maximum absolute atomic E-state index is 11.8. The van der Waals surface area contributed by atoms with Crippen LogP contribution < -0.4 is 5.32 Å². The van der Waals surface area contributed by atoms with Crippen molar-refractivity contribution in [3.63, 3.8) is 0 Å². The third-order valence-electron chi connectivity index (χ3n) is 3.46. The molecule has 0 spiro atoms. The maximum atomic E-state index is 11.8. The van der Waals surface area contributed by atoms with Crippen LogP contribution in [0.2, 0.25) is 0 Å². The Hall–Kier alpha value is -2.01. The van der Waals surface area contributed by atoms with E-state index in [9.17, 15) is 4.79 Å². The Bertz CT molecular complexity index is 746. The third kappa shape index (κ3) is 3.36. The molecule has 0 unspecified atom stereocenters. The second-order valence-electron chi connectivity index (χ2n) is 4.98. The van der Waals surface area contributed by atoms with Crippen molar-refractivity contribution in [2.45, 2.75) is 12.8 Å². The predicted octanol–water partition coefficient (Wildman–Crippen LogP) is 3.16. The standard InChI is InChI=1S/C16H16BrN3O/c17-12-3-4-15-14(8-12)11(10-20-15)5-7-19-16(21)9-13-2-1-6-18-13/h1-4,6,8,10,18,20H,5,7,9H2,(H,19,21). The monoisotopic (exact) mass is 345 g/mol. The minimum absolute atomic E-state index is 0.0403. The molecule has 4 nitrogen and oxygen atoms in total. The SMILES string of the molecule is O=C(Cc1ccc[nH]1)NCCc1c[nH]c2ccc(Br)cc12. The fraction of sp³-hybridized carbons (Fsp3) is 0.188. The zero-order valence-electron chi connectivity index (χ0n) is 11.4. The largest absolute Gasteiger partial charge is 0.365 e. The maximum Gasteiger partial charge on any atom is 0.225 e. The van der Waals surface area contributed by atoms with Crippen LogP contribution in [-0.4, -0.2) is 22.4 Å². The lowest BCUT2D eigenvalue weighted by Crippen LogP contribution is -2.27. The van der Waals surface area contributed by atoms with Gasteiger partial charge in [0, 0.05) is 40.0 Å². The molecule has 0 aliphatic heterocycles. The number of halogens is 1. The summed E-state index contributed by atoms with van der Waals surface area (Å²) >= 11 is 3.49. The molecule has 3 rings (SSSR count). The number of fused-ring (bicyclic) bond motifs is 1. The summed E-state index contributed by atoms with van der Waals surface area (Å²) in [6.07, 6.45) is 5.04. The van der Waals surface area contributed by atoms with E-state index in [4.69, 9.17) is 0 Å². The van der Waals surface area contributed by atoms with Gasteiger partial charge in [0.15, 0.2) is 0 Å². The molecule has 5 heteroatoms. The highest BCUT2D eigenvalue weighted by Gasteiger charge is 2.06. The van der Waals surface area contributed by atoms with Crippen molar-refractivity contribution >= 4 is 32.7 Å². The summed E-state index contributed by atoms with van der Waals surface area (Å²) in [5.74, 6) is 0.0403. The summed E-state index contributed by atoms with van der Waals surface area (Å²) in [7, 11) is 0. The summed E-state index contributed by atoms with van der Waals surface area (Å²) < 4.78 is 1.06. The summed E-state index contributed by atoms with van der Waals surface area (Å²) in [5.41, 5.74) is 3.26. The van der Waals surface area contributed by atoms with Crippen molar-refractivity contribution in [2.24, 2.45) is 0 Å². The molecule has 0 atom stereocenters. The van der Waals surface area contributed by atoms with E-state index in [-0.39, 0.29) is 5.91 Å². The van der Waals surface area contributed by atoms with Crippen molar-refractivity contribution in [2.75, 3.05) is 6.54 Å². The lowest BCUT2D eigenvalue weighted by atomic mass is 10.1. The number of aromatic nitrogens is 2. The van der Waals surface area contributed by atoms with Crippen LogP contribution in [0.25, 0.3) is 10.9 Å². The Labute approximate surface area is 131 Å². The number of aromatic amines is 2. The number of hydrogen-bond acceptors (Lipinski definition) is 1. The van der Waals surface area contributed by atoms with Crippen LogP contribution >= 0.6 is 15.9 Å². The van der Waals surface area contributed by atoms with E-state index in [1.807, 2.05) is 36.7 Å². The number of carbonyl (C=O) groups is 1. The van der Waals surface area contributed by atoms with Crippen molar-refractivity contribution in [1.82, 2.24) is 15.3 Å². The fourth-order valence-corrected chi connectivity index (χ4v) is 2.77. The molecule has 0 aliphatic carbocycles.